The van der Waals surface area contributed by atoms with Crippen molar-refractivity contribution in [2.24, 2.45) is 5.92 Å². The molecule has 2 heterocycles. The molecule has 1 aliphatic heterocycles. The largest absolute Gasteiger partial charge is 0.369 e. The summed E-state index contributed by atoms with van der Waals surface area (Å²) in [6.07, 6.45) is 13.7. The minimum atomic E-state index is 0.632. The average molecular weight is 352 g/mol. The fourth-order valence-corrected chi connectivity index (χ4v) is 5.43. The van der Waals surface area contributed by atoms with Crippen molar-refractivity contribution in [1.29, 1.82) is 0 Å². The minimum Gasteiger partial charge on any atom is -0.369 e. The highest BCUT2D eigenvalue weighted by atomic mass is 79.9. The predicted molar refractivity (Wildman–Crippen MR) is 89.9 cm³/mol. The zero-order valence-electron chi connectivity index (χ0n) is 12.8. The molecule has 1 unspecified atom stereocenters. The summed E-state index contributed by atoms with van der Waals surface area (Å²) in [5.74, 6) is 2.80. The summed E-state index contributed by atoms with van der Waals surface area (Å²) in [6.45, 7) is 1.11. The monoisotopic (exact) mass is 351 g/mol. The average Bonchev–Trinajstić information content (AvgIpc) is 3.16. The highest BCUT2D eigenvalue weighted by Gasteiger charge is 2.33. The van der Waals surface area contributed by atoms with Gasteiger partial charge in [0, 0.05) is 12.5 Å². The lowest BCUT2D eigenvalue weighted by atomic mass is 9.82. The van der Waals surface area contributed by atoms with Crippen LogP contribution < -0.4 is 5.32 Å². The van der Waals surface area contributed by atoms with Crippen LogP contribution in [0.15, 0.2) is 4.47 Å². The summed E-state index contributed by atoms with van der Waals surface area (Å²) in [5, 5.41) is 8.69. The number of anilines is 1. The van der Waals surface area contributed by atoms with Crippen LogP contribution in [-0.4, -0.2) is 16.3 Å². The maximum Gasteiger partial charge on any atom is 0.139 e. The second-order valence-corrected chi connectivity index (χ2v) is 7.95. The number of halogens is 1. The normalized spacial score (nSPS) is 27.6. The smallest absolute Gasteiger partial charge is 0.139 e. The van der Waals surface area contributed by atoms with Crippen molar-refractivity contribution in [1.82, 2.24) is 9.78 Å². The first-order valence-corrected chi connectivity index (χ1v) is 9.65. The molecule has 0 saturated heterocycles. The van der Waals surface area contributed by atoms with Gasteiger partial charge in [0.25, 0.3) is 0 Å². The molecular formula is C17H26BrN3. The molecule has 2 aliphatic carbocycles. The standard InChI is InChI=1S/C17H26BrN3/c18-15-16(13-8-4-5-9-13)20-21-14(10-11-19-17(15)21)12-6-2-1-3-7-12/h12-14,19H,1-11H2. The van der Waals surface area contributed by atoms with Gasteiger partial charge in [0.05, 0.1) is 16.2 Å². The lowest BCUT2D eigenvalue weighted by Crippen LogP contribution is -2.30. The van der Waals surface area contributed by atoms with Crippen molar-refractivity contribution in [2.75, 3.05) is 11.9 Å². The summed E-state index contributed by atoms with van der Waals surface area (Å²) >= 11 is 3.85. The molecule has 4 heteroatoms. The van der Waals surface area contributed by atoms with Gasteiger partial charge in [-0.2, -0.15) is 5.10 Å². The van der Waals surface area contributed by atoms with Crippen molar-refractivity contribution in [3.8, 4) is 0 Å². The van der Waals surface area contributed by atoms with Crippen LogP contribution in [0, 0.1) is 5.92 Å². The van der Waals surface area contributed by atoms with Gasteiger partial charge in [0.1, 0.15) is 5.82 Å². The molecule has 1 aromatic rings. The number of hydrogen-bond donors (Lipinski definition) is 1. The van der Waals surface area contributed by atoms with E-state index in [-0.39, 0.29) is 0 Å². The fourth-order valence-electron chi connectivity index (χ4n) is 4.71. The minimum absolute atomic E-state index is 0.632. The summed E-state index contributed by atoms with van der Waals surface area (Å²) < 4.78 is 3.62. The van der Waals surface area contributed by atoms with E-state index in [1.807, 2.05) is 0 Å². The zero-order valence-corrected chi connectivity index (χ0v) is 14.4. The van der Waals surface area contributed by atoms with E-state index in [4.69, 9.17) is 5.10 Å². The number of nitrogens with one attached hydrogen (secondary N) is 1. The SMILES string of the molecule is Brc1c(C2CCCC2)nn2c1NCCC2C1CCCCC1. The zero-order chi connectivity index (χ0) is 14.2. The second-order valence-electron chi connectivity index (χ2n) is 7.15. The highest BCUT2D eigenvalue weighted by molar-refractivity contribution is 9.10. The van der Waals surface area contributed by atoms with Crippen molar-refractivity contribution in [2.45, 2.75) is 76.2 Å². The molecular weight excluding hydrogens is 326 g/mol. The number of aromatic nitrogens is 2. The third-order valence-electron chi connectivity index (χ3n) is 5.86. The molecule has 116 valence electrons. The van der Waals surface area contributed by atoms with Gasteiger partial charge >= 0.3 is 0 Å². The molecule has 2 fully saturated rings. The van der Waals surface area contributed by atoms with Crippen molar-refractivity contribution in [3.05, 3.63) is 10.2 Å². The molecule has 1 aromatic heterocycles. The molecule has 0 amide bonds. The van der Waals surface area contributed by atoms with E-state index in [1.165, 1.54) is 80.2 Å². The molecule has 1 N–H and O–H groups in total. The molecule has 0 spiro atoms. The lowest BCUT2D eigenvalue weighted by Gasteiger charge is -2.34. The summed E-state index contributed by atoms with van der Waals surface area (Å²) in [6, 6.07) is 0.632. The van der Waals surface area contributed by atoms with E-state index < -0.39 is 0 Å². The lowest BCUT2D eigenvalue weighted by molar-refractivity contribution is 0.221. The van der Waals surface area contributed by atoms with Gasteiger partial charge in [-0.3, -0.25) is 0 Å². The summed E-state index contributed by atoms with van der Waals surface area (Å²) in [5.41, 5.74) is 1.33. The maximum atomic E-state index is 5.10. The maximum absolute atomic E-state index is 5.10. The Hall–Kier alpha value is -0.510. The van der Waals surface area contributed by atoms with Crippen LogP contribution in [0.4, 0.5) is 5.82 Å². The van der Waals surface area contributed by atoms with Crippen LogP contribution in [0.3, 0.4) is 0 Å². The molecule has 0 aromatic carbocycles. The van der Waals surface area contributed by atoms with Gasteiger partial charge in [-0.05, 0) is 54.0 Å². The molecule has 0 radical (unpaired) electrons. The van der Waals surface area contributed by atoms with Crippen molar-refractivity contribution >= 4 is 21.7 Å². The molecule has 1 atom stereocenters. The topological polar surface area (TPSA) is 29.9 Å². The Kier molecular flexibility index (Phi) is 3.99. The molecule has 3 aliphatic rings. The van der Waals surface area contributed by atoms with Gasteiger partial charge in [0.2, 0.25) is 0 Å². The second kappa shape index (κ2) is 5.94. The first-order chi connectivity index (χ1) is 10.3. The van der Waals surface area contributed by atoms with Crippen molar-refractivity contribution in [3.63, 3.8) is 0 Å². The third-order valence-corrected chi connectivity index (χ3v) is 6.64. The molecule has 0 bridgehead atoms. The highest BCUT2D eigenvalue weighted by Crippen LogP contribution is 2.45. The van der Waals surface area contributed by atoms with Crippen LogP contribution in [-0.2, 0) is 0 Å². The Morgan fingerprint density at radius 3 is 2.43 bits per heavy atom. The first-order valence-electron chi connectivity index (χ1n) is 8.86. The van der Waals surface area contributed by atoms with Crippen LogP contribution in [0.1, 0.15) is 81.9 Å². The molecule has 4 rings (SSSR count). The van der Waals surface area contributed by atoms with E-state index in [9.17, 15) is 0 Å². The van der Waals surface area contributed by atoms with Gasteiger partial charge < -0.3 is 5.32 Å². The van der Waals surface area contributed by atoms with Crippen LogP contribution in [0.25, 0.3) is 0 Å². The van der Waals surface area contributed by atoms with Crippen LogP contribution in [0.2, 0.25) is 0 Å². The van der Waals surface area contributed by atoms with E-state index in [0.717, 1.165) is 12.5 Å². The van der Waals surface area contributed by atoms with E-state index in [1.54, 1.807) is 0 Å². The predicted octanol–water partition coefficient (Wildman–Crippen LogP) is 5.24. The van der Waals surface area contributed by atoms with Gasteiger partial charge in [-0.15, -0.1) is 0 Å². The number of fused-ring (bicyclic) bond motifs is 1. The molecule has 21 heavy (non-hydrogen) atoms. The van der Waals surface area contributed by atoms with E-state index >= 15 is 0 Å². The summed E-state index contributed by atoms with van der Waals surface area (Å²) in [4.78, 5) is 0. The van der Waals surface area contributed by atoms with E-state index in [0.29, 0.717) is 12.0 Å². The Labute approximate surface area is 136 Å². The number of hydrogen-bond acceptors (Lipinski definition) is 2. The van der Waals surface area contributed by atoms with Crippen molar-refractivity contribution < 1.29 is 0 Å². The van der Waals surface area contributed by atoms with Gasteiger partial charge in [-0.25, -0.2) is 4.68 Å². The van der Waals surface area contributed by atoms with Gasteiger partial charge in [-0.1, -0.05) is 32.1 Å². The van der Waals surface area contributed by atoms with Crippen LogP contribution >= 0.6 is 15.9 Å². The van der Waals surface area contributed by atoms with E-state index in [2.05, 4.69) is 25.9 Å². The number of nitrogens with zero attached hydrogens (tertiary/aromatic N) is 2. The quantitative estimate of drug-likeness (QED) is 0.789. The third kappa shape index (κ3) is 2.54. The molecule has 2 saturated carbocycles. The Morgan fingerprint density at radius 2 is 1.67 bits per heavy atom. The van der Waals surface area contributed by atoms with Gasteiger partial charge in [0.15, 0.2) is 0 Å². The summed E-state index contributed by atoms with van der Waals surface area (Å²) in [7, 11) is 0. The Balaban J connectivity index is 1.65. The number of rotatable bonds is 2. The first kappa shape index (κ1) is 14.1. The Bertz CT molecular complexity index is 498. The van der Waals surface area contributed by atoms with Crippen LogP contribution in [0.5, 0.6) is 0 Å². The molecule has 3 nitrogen and oxygen atoms in total. The fraction of sp³-hybridized carbons (Fsp3) is 0.824. The Morgan fingerprint density at radius 1 is 0.952 bits per heavy atom.